The van der Waals surface area contributed by atoms with Crippen LogP contribution in [0.25, 0.3) is 0 Å². The van der Waals surface area contributed by atoms with Crippen molar-refractivity contribution in [1.29, 1.82) is 0 Å². The van der Waals surface area contributed by atoms with Gasteiger partial charge in [0, 0.05) is 37.2 Å². The van der Waals surface area contributed by atoms with Crippen molar-refractivity contribution < 1.29 is 34.8 Å². The molecule has 1 N–H and O–H groups in total. The third kappa shape index (κ3) is 4.62. The van der Waals surface area contributed by atoms with Gasteiger partial charge in [0.25, 0.3) is 5.91 Å². The molecule has 3 amide bonds. The maximum atomic E-state index is 13.3. The van der Waals surface area contributed by atoms with Gasteiger partial charge in [-0.15, -0.1) is 0 Å². The van der Waals surface area contributed by atoms with Crippen molar-refractivity contribution in [3.63, 3.8) is 0 Å². The van der Waals surface area contributed by atoms with Crippen molar-refractivity contribution in [3.8, 4) is 5.75 Å². The number of ether oxygens (including phenoxy) is 2. The van der Waals surface area contributed by atoms with Gasteiger partial charge >= 0.3 is 0 Å². The summed E-state index contributed by atoms with van der Waals surface area (Å²) in [6.45, 7) is 1.48. The number of nitrogens with zero attached hydrogens (tertiary/aromatic N) is 2. The van der Waals surface area contributed by atoms with Crippen LogP contribution >= 0.6 is 0 Å². The molecule has 8 nitrogen and oxygen atoms in total. The zero-order valence-electron chi connectivity index (χ0n) is 25.8. The van der Waals surface area contributed by atoms with Crippen LogP contribution in [0.1, 0.15) is 50.9 Å². The Kier molecular flexibility index (Phi) is 3.99. The molecule has 172 valence electrons. The van der Waals surface area contributed by atoms with Crippen LogP contribution in [0.3, 0.4) is 0 Å². The van der Waals surface area contributed by atoms with Crippen LogP contribution in [-0.2, 0) is 34.0 Å². The first-order chi connectivity index (χ1) is 19.4. The summed E-state index contributed by atoms with van der Waals surface area (Å²) in [7, 11) is 0. The molecule has 0 aliphatic carbocycles. The number of nitrogens with one attached hydrogen (secondary N) is 1. The number of carbonyl (C=O) groups is 3. The topological polar surface area (TPSA) is 88.2 Å². The number of carbonyl (C=O) groups excluding carboxylic acids is 3. The first-order valence-electron chi connectivity index (χ1n) is 14.7. The molecule has 0 saturated carbocycles. The molecule has 2 aromatic rings. The zero-order chi connectivity index (χ0) is 29.8. The van der Waals surface area contributed by atoms with E-state index >= 15 is 0 Å². The second-order valence-electron chi connectivity index (χ2n) is 7.91. The van der Waals surface area contributed by atoms with E-state index in [1.807, 2.05) is 10.2 Å². The number of morpholine rings is 1. The average molecular weight is 458 g/mol. The lowest BCUT2D eigenvalue weighted by atomic mass is 10.0. The normalized spacial score (nSPS) is 26.8. The summed E-state index contributed by atoms with van der Waals surface area (Å²) in [5.74, 6) is -2.76. The number of piperidine rings is 1. The Labute approximate surface area is 203 Å². The Balaban J connectivity index is 1.47. The summed E-state index contributed by atoms with van der Waals surface area (Å²) in [5, 5.41) is 2.05. The number of hydrogen-bond acceptors (Lipinski definition) is 6. The van der Waals surface area contributed by atoms with E-state index in [0.717, 1.165) is 4.90 Å². The Morgan fingerprint density at radius 2 is 1.85 bits per heavy atom. The molecule has 0 aromatic heterocycles. The molecule has 0 unspecified atom stereocenters. The highest BCUT2D eigenvalue weighted by Crippen LogP contribution is 2.34. The minimum atomic E-state index is -2.16. The molecule has 2 fully saturated rings. The van der Waals surface area contributed by atoms with E-state index in [4.69, 9.17) is 20.4 Å². The fourth-order valence-electron chi connectivity index (χ4n) is 3.96. The molecule has 1 atom stereocenters. The van der Waals surface area contributed by atoms with Gasteiger partial charge in [-0.05, 0) is 29.6 Å². The highest BCUT2D eigenvalue weighted by atomic mass is 16.5. The first-order valence-corrected chi connectivity index (χ1v) is 10.7. The molecule has 0 radical (unpaired) electrons. The van der Waals surface area contributed by atoms with Crippen molar-refractivity contribution in [2.75, 3.05) is 26.3 Å². The molecular formula is C25H27N3O5. The molecule has 33 heavy (non-hydrogen) atoms. The van der Waals surface area contributed by atoms with Crippen molar-refractivity contribution in [1.82, 2.24) is 15.1 Å². The maximum absolute atomic E-state index is 13.3. The average Bonchev–Trinajstić information content (AvgIpc) is 3.30. The predicted octanol–water partition coefficient (Wildman–Crippen LogP) is 1.86. The maximum Gasteiger partial charge on any atom is 0.255 e. The molecule has 0 bridgehead atoms. The first kappa shape index (κ1) is 14.1. The molecule has 2 aromatic carbocycles. The van der Waals surface area contributed by atoms with Gasteiger partial charge in [0.15, 0.2) is 0 Å². The van der Waals surface area contributed by atoms with E-state index in [1.165, 1.54) is 0 Å². The monoisotopic (exact) mass is 457 g/mol. The number of rotatable bonds is 6. The molecule has 3 heterocycles. The van der Waals surface area contributed by atoms with Gasteiger partial charge in [-0.1, -0.05) is 30.2 Å². The summed E-state index contributed by atoms with van der Waals surface area (Å²) in [5.41, 5.74) is -0.177. The number of benzene rings is 2. The van der Waals surface area contributed by atoms with E-state index in [-0.39, 0.29) is 71.6 Å². The van der Waals surface area contributed by atoms with Crippen LogP contribution in [-0.4, -0.2) is 59.8 Å². The summed E-state index contributed by atoms with van der Waals surface area (Å²) >= 11 is 0. The van der Waals surface area contributed by atoms with Gasteiger partial charge in [0.2, 0.25) is 11.8 Å². The van der Waals surface area contributed by atoms with E-state index in [1.54, 1.807) is 0 Å². The Morgan fingerprint density at radius 3 is 2.61 bits per heavy atom. The summed E-state index contributed by atoms with van der Waals surface area (Å²) < 4.78 is 78.7. The summed E-state index contributed by atoms with van der Waals surface area (Å²) in [4.78, 5) is 40.4. The lowest BCUT2D eigenvalue weighted by molar-refractivity contribution is -0.136. The highest BCUT2D eigenvalue weighted by Gasteiger charge is 2.40. The van der Waals surface area contributed by atoms with Crippen LogP contribution in [0, 0.1) is 0 Å². The number of imide groups is 1. The Hall–Kier alpha value is -3.23. The smallest absolute Gasteiger partial charge is 0.255 e. The SMILES string of the molecule is [2H]c1c([2H])c(OCc2c([2H])c([2H])c(CN3CCOCC3)c([2H])c2[2H])c2c(c1[2H])C(=O)N([C@@]1([2H])CCC(=O)NC1=O)C2. The molecular weight excluding hydrogens is 422 g/mol. The van der Waals surface area contributed by atoms with Crippen LogP contribution < -0.4 is 10.1 Å². The lowest BCUT2D eigenvalue weighted by Gasteiger charge is -2.29. The van der Waals surface area contributed by atoms with E-state index in [0.29, 0.717) is 26.3 Å². The molecule has 8 heteroatoms. The standard InChI is InChI=1S/C25H27N3O5/c29-23-9-8-21(24(30)26-23)28-15-20-19(25(28)31)2-1-3-22(20)33-16-18-6-4-17(5-7-18)14-27-10-12-32-13-11-27/h1-7,21H,8-16H2,(H,26,29,30)/t21-/m0/s1/i1D,2D,3D,4D,5D,6D,7D,21D. The summed E-state index contributed by atoms with van der Waals surface area (Å²) in [6, 6.07) is -5.01. The minimum Gasteiger partial charge on any atom is -0.489 e. The zero-order valence-corrected chi connectivity index (χ0v) is 17.8. The van der Waals surface area contributed by atoms with Crippen LogP contribution in [0.15, 0.2) is 42.3 Å². The van der Waals surface area contributed by atoms with Crippen molar-refractivity contribution in [3.05, 3.63) is 64.6 Å². The Bertz CT molecular complexity index is 1450. The largest absolute Gasteiger partial charge is 0.489 e. The van der Waals surface area contributed by atoms with Crippen LogP contribution in [0.2, 0.25) is 0 Å². The number of amides is 3. The number of hydrogen-bond donors (Lipinski definition) is 1. The van der Waals surface area contributed by atoms with Crippen molar-refractivity contribution in [2.45, 2.75) is 38.6 Å². The predicted molar refractivity (Wildman–Crippen MR) is 119 cm³/mol. The Morgan fingerprint density at radius 1 is 1.09 bits per heavy atom. The van der Waals surface area contributed by atoms with Gasteiger partial charge in [-0.25, -0.2) is 0 Å². The third-order valence-electron chi connectivity index (χ3n) is 5.72. The van der Waals surface area contributed by atoms with Gasteiger partial charge < -0.3 is 14.4 Å². The van der Waals surface area contributed by atoms with Gasteiger partial charge in [-0.3, -0.25) is 24.6 Å². The van der Waals surface area contributed by atoms with Crippen LogP contribution in [0.5, 0.6) is 5.75 Å². The fraction of sp³-hybridized carbons (Fsp3) is 0.400. The quantitative estimate of drug-likeness (QED) is 0.667. The van der Waals surface area contributed by atoms with Crippen molar-refractivity contribution >= 4 is 17.7 Å². The van der Waals surface area contributed by atoms with Gasteiger partial charge in [-0.2, -0.15) is 0 Å². The molecule has 5 rings (SSSR count). The van der Waals surface area contributed by atoms with E-state index in [9.17, 15) is 14.4 Å². The van der Waals surface area contributed by atoms with E-state index in [2.05, 4.69) is 0 Å². The molecule has 0 spiro atoms. The fourth-order valence-corrected chi connectivity index (χ4v) is 3.96. The molecule has 3 aliphatic rings. The second-order valence-corrected chi connectivity index (χ2v) is 7.91. The van der Waals surface area contributed by atoms with Crippen molar-refractivity contribution in [2.24, 2.45) is 0 Å². The van der Waals surface area contributed by atoms with E-state index < -0.39 is 55.0 Å². The second kappa shape index (κ2) is 9.33. The van der Waals surface area contributed by atoms with Crippen LogP contribution in [0.4, 0.5) is 0 Å². The molecule has 2 saturated heterocycles. The minimum absolute atomic E-state index is 0.00322. The third-order valence-corrected chi connectivity index (χ3v) is 5.72. The number of fused-ring (bicyclic) bond motifs is 1. The van der Waals surface area contributed by atoms with Gasteiger partial charge in [0.05, 0.1) is 30.7 Å². The lowest BCUT2D eigenvalue weighted by Crippen LogP contribution is -2.52. The highest BCUT2D eigenvalue weighted by molar-refractivity contribution is 6.05. The molecule has 3 aliphatic heterocycles. The van der Waals surface area contributed by atoms with Gasteiger partial charge in [0.1, 0.15) is 18.4 Å². The summed E-state index contributed by atoms with van der Waals surface area (Å²) in [6.07, 6.45) is -0.451.